The molecule has 1 aliphatic heterocycles. The quantitative estimate of drug-likeness (QED) is 0.0435. The van der Waals surface area contributed by atoms with Gasteiger partial charge in [-0.3, -0.25) is 39.1 Å². The number of unbranched alkanes of at least 4 members (excludes halogenated alkanes) is 1. The number of hydrogen-bond acceptors (Lipinski definition) is 9. The topological polar surface area (TPSA) is 263 Å². The first-order valence-corrected chi connectivity index (χ1v) is 15.8. The Labute approximate surface area is 276 Å². The minimum absolute atomic E-state index is 0.0233. The molecule has 0 saturated carbocycles. The Morgan fingerprint density at radius 2 is 1.50 bits per heavy atom. The number of hydrogen-bond donors (Lipinski definition) is 7. The molecule has 0 radical (unpaired) electrons. The average Bonchev–Trinajstić information content (AvgIpc) is 3.03. The fraction of sp³-hybridized carbons (Fsp3) is 0.455. The third-order valence-electron chi connectivity index (χ3n) is 8.16. The van der Waals surface area contributed by atoms with Crippen molar-refractivity contribution < 1.29 is 43.8 Å². The largest absolute Gasteiger partial charge is 0.481 e. The van der Waals surface area contributed by atoms with E-state index in [1.165, 1.54) is 0 Å². The van der Waals surface area contributed by atoms with Crippen LogP contribution in [0, 0.1) is 11.3 Å². The molecule has 0 aliphatic carbocycles. The number of Topliss-reactive ketones (excluding diaryl/α,β-unsaturated/α-hetero) is 1. The molecule has 2 aromatic carbocycles. The average molecular weight is 667 g/mol. The Bertz CT molecular complexity index is 1530. The van der Waals surface area contributed by atoms with Gasteiger partial charge in [-0.15, -0.1) is 0 Å². The van der Waals surface area contributed by atoms with E-state index in [-0.39, 0.29) is 57.5 Å². The summed E-state index contributed by atoms with van der Waals surface area (Å²) < 4.78 is 0. The van der Waals surface area contributed by atoms with Gasteiger partial charge >= 0.3 is 11.9 Å². The van der Waals surface area contributed by atoms with E-state index in [1.54, 1.807) is 36.4 Å². The van der Waals surface area contributed by atoms with Crippen LogP contribution in [0.15, 0.2) is 36.4 Å². The van der Waals surface area contributed by atoms with E-state index in [1.807, 2.05) is 0 Å². The summed E-state index contributed by atoms with van der Waals surface area (Å²) in [5.74, 6) is -6.18. The second-order valence-electron chi connectivity index (χ2n) is 11.8. The number of carboxylic acid groups (broad SMARTS) is 2. The van der Waals surface area contributed by atoms with Crippen molar-refractivity contribution in [2.45, 2.75) is 76.3 Å². The van der Waals surface area contributed by atoms with Crippen molar-refractivity contribution in [1.82, 2.24) is 15.5 Å². The van der Waals surface area contributed by atoms with Crippen molar-refractivity contribution >= 4 is 58.0 Å². The van der Waals surface area contributed by atoms with Gasteiger partial charge in [-0.25, -0.2) is 4.79 Å². The predicted octanol–water partition coefficient (Wildman–Crippen LogP) is 1.56. The van der Waals surface area contributed by atoms with Crippen molar-refractivity contribution in [3.63, 3.8) is 0 Å². The maximum Gasteiger partial charge on any atom is 0.326 e. The molecule has 258 valence electrons. The van der Waals surface area contributed by atoms with Gasteiger partial charge in [0.1, 0.15) is 11.8 Å². The van der Waals surface area contributed by atoms with Crippen LogP contribution in [0.2, 0.25) is 0 Å². The molecule has 15 nitrogen and oxygen atoms in total. The fourth-order valence-electron chi connectivity index (χ4n) is 5.54. The zero-order chi connectivity index (χ0) is 35.4. The van der Waals surface area contributed by atoms with Gasteiger partial charge in [0.2, 0.25) is 11.8 Å². The van der Waals surface area contributed by atoms with Crippen LogP contribution in [0.4, 0.5) is 0 Å². The number of carboxylic acids is 2. The number of nitrogens with zero attached hydrogens (tertiary/aromatic N) is 1. The van der Waals surface area contributed by atoms with Crippen molar-refractivity contribution in [2.24, 2.45) is 17.4 Å². The molecule has 3 rings (SSSR count). The summed E-state index contributed by atoms with van der Waals surface area (Å²) in [6.07, 6.45) is 0.774. The van der Waals surface area contributed by atoms with Crippen molar-refractivity contribution in [1.29, 1.82) is 5.41 Å². The van der Waals surface area contributed by atoms with Crippen LogP contribution in [0.5, 0.6) is 0 Å². The monoisotopic (exact) mass is 666 g/mol. The Morgan fingerprint density at radius 1 is 0.854 bits per heavy atom. The standard InChI is InChI=1S/C33H42N6O9/c34-23(10-1-2-11-26(35)36)25(40)18-20(30(44)37-16-14-24(33(47)48)38-27(41)12-5-13-28(42)43)15-17-39-31(45)21-8-3-6-19-7-4-9-22(29(19)21)32(39)46/h3-4,6-9,20,23-24H,1-2,5,10-18,34H2,(H3,35,36)(H,37,44)(H,38,41)(H,42,43)(H,47,48)/t20-,23-,24+/m0/s1. The number of carbonyl (C=O) groups excluding carboxylic acids is 5. The number of amidine groups is 1. The number of amides is 4. The second-order valence-corrected chi connectivity index (χ2v) is 11.8. The summed E-state index contributed by atoms with van der Waals surface area (Å²) in [5, 5.41) is 31.8. The molecule has 1 heterocycles. The first kappa shape index (κ1) is 37.3. The molecule has 0 saturated heterocycles. The number of rotatable bonds is 21. The highest BCUT2D eigenvalue weighted by Crippen LogP contribution is 2.30. The van der Waals surface area contributed by atoms with Crippen LogP contribution < -0.4 is 22.1 Å². The van der Waals surface area contributed by atoms with Gasteiger partial charge in [0.05, 0.1) is 11.9 Å². The lowest BCUT2D eigenvalue weighted by Gasteiger charge is -2.28. The first-order valence-electron chi connectivity index (χ1n) is 15.8. The van der Waals surface area contributed by atoms with E-state index in [0.29, 0.717) is 42.2 Å². The molecule has 0 aromatic heterocycles. The smallest absolute Gasteiger partial charge is 0.326 e. The first-order chi connectivity index (χ1) is 22.8. The number of nitrogens with one attached hydrogen (secondary N) is 3. The molecular weight excluding hydrogens is 624 g/mol. The molecule has 0 unspecified atom stereocenters. The van der Waals surface area contributed by atoms with E-state index in [2.05, 4.69) is 10.6 Å². The van der Waals surface area contributed by atoms with Crippen LogP contribution in [0.3, 0.4) is 0 Å². The third kappa shape index (κ3) is 10.4. The van der Waals surface area contributed by atoms with Crippen LogP contribution in [0.1, 0.15) is 84.9 Å². The normalized spacial score (nSPS) is 14.2. The second kappa shape index (κ2) is 17.7. The minimum atomic E-state index is -1.36. The number of imide groups is 1. The zero-order valence-corrected chi connectivity index (χ0v) is 26.5. The molecule has 4 amide bonds. The molecule has 9 N–H and O–H groups in total. The van der Waals surface area contributed by atoms with Gasteiger partial charge in [-0.05, 0) is 49.6 Å². The summed E-state index contributed by atoms with van der Waals surface area (Å²) in [5.41, 5.74) is 12.2. The molecule has 3 atom stereocenters. The Balaban J connectivity index is 1.68. The van der Waals surface area contributed by atoms with Gasteiger partial charge in [-0.1, -0.05) is 30.7 Å². The molecule has 1 aliphatic rings. The van der Waals surface area contributed by atoms with Crippen LogP contribution >= 0.6 is 0 Å². The molecule has 2 aromatic rings. The third-order valence-corrected chi connectivity index (χ3v) is 8.16. The molecule has 0 fully saturated rings. The van der Waals surface area contributed by atoms with Crippen molar-refractivity contribution in [2.75, 3.05) is 13.1 Å². The maximum absolute atomic E-state index is 13.4. The van der Waals surface area contributed by atoms with Gasteiger partial charge in [-0.2, -0.15) is 0 Å². The van der Waals surface area contributed by atoms with Crippen LogP contribution in [-0.2, 0) is 24.0 Å². The van der Waals surface area contributed by atoms with E-state index < -0.39 is 59.4 Å². The number of aliphatic carboxylic acids is 2. The highest BCUT2D eigenvalue weighted by atomic mass is 16.4. The highest BCUT2D eigenvalue weighted by molar-refractivity contribution is 6.25. The number of ketones is 1. The molecular formula is C33H42N6O9. The van der Waals surface area contributed by atoms with Gasteiger partial charge in [0, 0.05) is 61.2 Å². The van der Waals surface area contributed by atoms with Crippen molar-refractivity contribution in [3.05, 3.63) is 47.5 Å². The lowest BCUT2D eigenvalue weighted by atomic mass is 9.91. The molecule has 15 heteroatoms. The summed E-state index contributed by atoms with van der Waals surface area (Å²) >= 11 is 0. The summed E-state index contributed by atoms with van der Waals surface area (Å²) in [6, 6.07) is 8.00. The molecule has 0 bridgehead atoms. The summed E-state index contributed by atoms with van der Waals surface area (Å²) in [4.78, 5) is 88.8. The van der Waals surface area contributed by atoms with Crippen molar-refractivity contribution in [3.8, 4) is 0 Å². The predicted molar refractivity (Wildman–Crippen MR) is 174 cm³/mol. The number of nitrogens with two attached hydrogens (primary N) is 2. The van der Waals surface area contributed by atoms with E-state index >= 15 is 0 Å². The van der Waals surface area contributed by atoms with E-state index in [9.17, 15) is 38.7 Å². The minimum Gasteiger partial charge on any atom is -0.481 e. The Kier molecular flexibility index (Phi) is 13.7. The SMILES string of the molecule is N=C(N)CCCC[C@H](N)C(=O)C[C@H](CCN1C(=O)c2cccc3cccc(c23)C1=O)C(=O)NCC[C@@H](NC(=O)CCCC(=O)O)C(=O)O. The van der Waals surface area contributed by atoms with Crippen LogP contribution in [-0.4, -0.2) is 87.5 Å². The summed E-state index contributed by atoms with van der Waals surface area (Å²) in [6.45, 7) is -0.365. The van der Waals surface area contributed by atoms with E-state index in [0.717, 1.165) is 10.3 Å². The van der Waals surface area contributed by atoms with Crippen LogP contribution in [0.25, 0.3) is 10.8 Å². The van der Waals surface area contributed by atoms with Gasteiger partial charge in [0.15, 0.2) is 0 Å². The highest BCUT2D eigenvalue weighted by Gasteiger charge is 2.34. The Hall–Kier alpha value is -5.18. The molecule has 0 spiro atoms. The lowest BCUT2D eigenvalue weighted by molar-refractivity contribution is -0.142. The summed E-state index contributed by atoms with van der Waals surface area (Å²) in [7, 11) is 0. The van der Waals surface area contributed by atoms with E-state index in [4.69, 9.17) is 22.0 Å². The van der Waals surface area contributed by atoms with Gasteiger partial charge in [0.25, 0.3) is 11.8 Å². The van der Waals surface area contributed by atoms with Gasteiger partial charge < -0.3 is 32.3 Å². The zero-order valence-electron chi connectivity index (χ0n) is 26.5. The number of benzene rings is 2. The molecule has 48 heavy (non-hydrogen) atoms. The lowest BCUT2D eigenvalue weighted by Crippen LogP contribution is -2.45. The number of carbonyl (C=O) groups is 7. The maximum atomic E-state index is 13.4. The Morgan fingerprint density at radius 3 is 2.08 bits per heavy atom. The fourth-order valence-corrected chi connectivity index (χ4v) is 5.54.